The Morgan fingerprint density at radius 2 is 1.83 bits per heavy atom. The van der Waals surface area contributed by atoms with E-state index in [1.807, 2.05) is 75.4 Å². The highest BCUT2D eigenvalue weighted by molar-refractivity contribution is 7.22. The molecule has 1 aromatic heterocycles. The van der Waals surface area contributed by atoms with Gasteiger partial charge in [0.2, 0.25) is 0 Å². The Balaban J connectivity index is 1.36. The summed E-state index contributed by atoms with van der Waals surface area (Å²) in [5, 5.41) is 12.2. The molecule has 7 rings (SSSR count). The van der Waals surface area contributed by atoms with Crippen molar-refractivity contribution >= 4 is 44.1 Å². The lowest BCUT2D eigenvalue weighted by Gasteiger charge is -2.24. The average molecular weight is 633 g/mol. The quantitative estimate of drug-likeness (QED) is 0.113. The number of benzene rings is 4. The van der Waals surface area contributed by atoms with Gasteiger partial charge in [-0.05, 0) is 85.0 Å². The van der Waals surface area contributed by atoms with E-state index in [4.69, 9.17) is 19.2 Å². The highest BCUT2D eigenvalue weighted by Gasteiger charge is 2.48. The number of hydrogen-bond donors (Lipinski definition) is 1. The average Bonchev–Trinajstić information content (AvgIpc) is 3.72. The SMILES string of the molecule is COc1cc([C@@H]2C(=C(O)c3cc(C)c4c(c3)C[C@H](C)O4)C(=O)C(=O)N2c2nc3ccc(C)cc3s2)ccc1OCc1ccccc1. The molecule has 0 unspecified atom stereocenters. The summed E-state index contributed by atoms with van der Waals surface area (Å²) in [6, 6.07) is 23.6. The Bertz CT molecular complexity index is 2050. The second-order valence-electron chi connectivity index (χ2n) is 11.7. The molecule has 5 aromatic rings. The molecule has 4 aromatic carbocycles. The number of carbonyl (C=O) groups is 2. The summed E-state index contributed by atoms with van der Waals surface area (Å²) in [5.74, 6) is -0.0766. The summed E-state index contributed by atoms with van der Waals surface area (Å²) in [5.41, 5.74) is 5.56. The van der Waals surface area contributed by atoms with Gasteiger partial charge in [-0.2, -0.15) is 0 Å². The largest absolute Gasteiger partial charge is 0.507 e. The summed E-state index contributed by atoms with van der Waals surface area (Å²) < 4.78 is 18.7. The van der Waals surface area contributed by atoms with Crippen LogP contribution in [0.15, 0.2) is 84.4 Å². The van der Waals surface area contributed by atoms with E-state index in [1.165, 1.54) is 23.3 Å². The van der Waals surface area contributed by atoms with E-state index in [0.717, 1.165) is 38.2 Å². The maximum Gasteiger partial charge on any atom is 0.301 e. The first-order valence-corrected chi connectivity index (χ1v) is 15.9. The number of aliphatic hydroxyl groups is 1. The number of anilines is 1. The Kier molecular flexibility index (Phi) is 7.49. The first-order valence-electron chi connectivity index (χ1n) is 15.0. The van der Waals surface area contributed by atoms with Crippen molar-refractivity contribution in [3.63, 3.8) is 0 Å². The number of amides is 1. The number of rotatable bonds is 7. The molecule has 1 fully saturated rings. The second kappa shape index (κ2) is 11.7. The Morgan fingerprint density at radius 3 is 2.61 bits per heavy atom. The van der Waals surface area contributed by atoms with E-state index in [2.05, 4.69) is 0 Å². The zero-order valence-electron chi connectivity index (χ0n) is 25.9. The number of hydrogen-bond acceptors (Lipinski definition) is 8. The van der Waals surface area contributed by atoms with Crippen LogP contribution >= 0.6 is 11.3 Å². The number of Topliss-reactive ketones (excluding diaryl/α,β-unsaturated/α-hetero) is 1. The zero-order valence-corrected chi connectivity index (χ0v) is 26.7. The van der Waals surface area contributed by atoms with E-state index < -0.39 is 17.7 Å². The number of aliphatic hydroxyl groups excluding tert-OH is 1. The van der Waals surface area contributed by atoms with Crippen LogP contribution in [0.3, 0.4) is 0 Å². The lowest BCUT2D eigenvalue weighted by Crippen LogP contribution is -2.29. The second-order valence-corrected chi connectivity index (χ2v) is 12.7. The molecule has 3 heterocycles. The molecular formula is C37H32N2O6S. The molecule has 1 N–H and O–H groups in total. The fraction of sp³-hybridized carbons (Fsp3) is 0.216. The van der Waals surface area contributed by atoms with E-state index in [1.54, 1.807) is 24.3 Å². The number of fused-ring (bicyclic) bond motifs is 2. The lowest BCUT2D eigenvalue weighted by atomic mass is 9.93. The molecular weight excluding hydrogens is 600 g/mol. The van der Waals surface area contributed by atoms with Crippen molar-refractivity contribution in [1.82, 2.24) is 4.98 Å². The Hall–Kier alpha value is -5.15. The summed E-state index contributed by atoms with van der Waals surface area (Å²) >= 11 is 1.33. The molecule has 0 spiro atoms. The third kappa shape index (κ3) is 5.16. The molecule has 1 saturated heterocycles. The number of thiazole rings is 1. The topological polar surface area (TPSA) is 98.2 Å². The maximum atomic E-state index is 13.9. The zero-order chi connectivity index (χ0) is 32.1. The minimum atomic E-state index is -0.970. The van der Waals surface area contributed by atoms with Gasteiger partial charge < -0.3 is 19.3 Å². The number of ether oxygens (including phenoxy) is 3. The van der Waals surface area contributed by atoms with E-state index in [-0.39, 0.29) is 17.4 Å². The van der Waals surface area contributed by atoms with Crippen molar-refractivity contribution < 1.29 is 28.9 Å². The fourth-order valence-electron chi connectivity index (χ4n) is 6.19. The van der Waals surface area contributed by atoms with Gasteiger partial charge in [-0.25, -0.2) is 4.98 Å². The number of nitrogens with zero attached hydrogens (tertiary/aromatic N) is 2. The van der Waals surface area contributed by atoms with Gasteiger partial charge in [0.25, 0.3) is 5.78 Å². The lowest BCUT2D eigenvalue weighted by molar-refractivity contribution is -0.132. The predicted octanol–water partition coefficient (Wildman–Crippen LogP) is 7.45. The number of methoxy groups -OCH3 is 1. The van der Waals surface area contributed by atoms with Gasteiger partial charge >= 0.3 is 5.91 Å². The summed E-state index contributed by atoms with van der Waals surface area (Å²) in [4.78, 5) is 33.9. The number of aromatic nitrogens is 1. The van der Waals surface area contributed by atoms with Gasteiger partial charge in [0.1, 0.15) is 24.2 Å². The molecule has 0 aliphatic carbocycles. The van der Waals surface area contributed by atoms with E-state index in [0.29, 0.717) is 40.8 Å². The van der Waals surface area contributed by atoms with Crippen LogP contribution < -0.4 is 19.1 Å². The molecule has 46 heavy (non-hydrogen) atoms. The van der Waals surface area contributed by atoms with Gasteiger partial charge in [0.15, 0.2) is 16.6 Å². The molecule has 2 atom stereocenters. The number of ketones is 1. The number of carbonyl (C=O) groups excluding carboxylic acids is 2. The highest BCUT2D eigenvalue weighted by atomic mass is 32.1. The first kappa shape index (κ1) is 29.6. The van der Waals surface area contributed by atoms with Gasteiger partial charge in [0, 0.05) is 12.0 Å². The van der Waals surface area contributed by atoms with Crippen LogP contribution in [0.25, 0.3) is 16.0 Å². The third-order valence-corrected chi connectivity index (χ3v) is 9.39. The minimum absolute atomic E-state index is 0.00874. The summed E-state index contributed by atoms with van der Waals surface area (Å²) in [6.45, 7) is 6.22. The van der Waals surface area contributed by atoms with Gasteiger partial charge in [-0.15, -0.1) is 0 Å². The normalized spacial score (nSPS) is 18.6. The van der Waals surface area contributed by atoms with Crippen molar-refractivity contribution in [2.75, 3.05) is 12.0 Å². The van der Waals surface area contributed by atoms with Gasteiger partial charge in [-0.1, -0.05) is 53.8 Å². The van der Waals surface area contributed by atoms with E-state index >= 15 is 0 Å². The molecule has 0 saturated carbocycles. The molecule has 232 valence electrons. The summed E-state index contributed by atoms with van der Waals surface area (Å²) in [7, 11) is 1.54. The van der Waals surface area contributed by atoms with Gasteiger partial charge in [-0.3, -0.25) is 14.5 Å². The van der Waals surface area contributed by atoms with Crippen LogP contribution in [0.4, 0.5) is 5.13 Å². The minimum Gasteiger partial charge on any atom is -0.507 e. The van der Waals surface area contributed by atoms with Crippen LogP contribution in [-0.4, -0.2) is 35.0 Å². The van der Waals surface area contributed by atoms with Crippen molar-refractivity contribution in [3.05, 3.63) is 118 Å². The van der Waals surface area contributed by atoms with Crippen LogP contribution in [0.1, 0.15) is 46.3 Å². The van der Waals surface area contributed by atoms with E-state index in [9.17, 15) is 14.7 Å². The highest BCUT2D eigenvalue weighted by Crippen LogP contribution is 2.46. The van der Waals surface area contributed by atoms with Crippen LogP contribution in [-0.2, 0) is 22.6 Å². The molecule has 8 nitrogen and oxygen atoms in total. The summed E-state index contributed by atoms with van der Waals surface area (Å²) in [6.07, 6.45) is 0.691. The van der Waals surface area contributed by atoms with Crippen LogP contribution in [0.5, 0.6) is 17.2 Å². The van der Waals surface area contributed by atoms with Crippen LogP contribution in [0, 0.1) is 13.8 Å². The molecule has 9 heteroatoms. The molecule has 0 radical (unpaired) electrons. The Morgan fingerprint density at radius 1 is 1.02 bits per heavy atom. The smallest absolute Gasteiger partial charge is 0.301 e. The van der Waals surface area contributed by atoms with Crippen molar-refractivity contribution in [1.29, 1.82) is 0 Å². The first-order chi connectivity index (χ1) is 22.2. The third-order valence-electron chi connectivity index (χ3n) is 8.38. The van der Waals surface area contributed by atoms with Crippen LogP contribution in [0.2, 0.25) is 0 Å². The van der Waals surface area contributed by atoms with Crippen molar-refractivity contribution in [3.8, 4) is 17.2 Å². The molecule has 2 aliphatic heterocycles. The molecule has 2 aliphatic rings. The number of aryl methyl sites for hydroxylation is 2. The van der Waals surface area contributed by atoms with Crippen molar-refractivity contribution in [2.24, 2.45) is 0 Å². The molecule has 1 amide bonds. The maximum absolute atomic E-state index is 13.9. The fourth-order valence-corrected chi connectivity index (χ4v) is 7.28. The van der Waals surface area contributed by atoms with Crippen molar-refractivity contribution in [2.45, 2.75) is 45.9 Å². The monoisotopic (exact) mass is 632 g/mol. The predicted molar refractivity (Wildman–Crippen MR) is 178 cm³/mol. The standard InChI is InChI=1S/C37H32N2O6S/c1-20-10-12-27-30(14-20)46-37(38-27)39-32(24-11-13-28(29(18-24)43-4)44-19-23-8-6-5-7-9-23)31(34(41)36(39)42)33(40)25-15-21(2)35-26(17-25)16-22(3)45-35/h5-15,17-18,22,32,40H,16,19H2,1-4H3/t22-,32+/m0/s1. The Labute approximate surface area is 270 Å². The molecule has 0 bridgehead atoms. The van der Waals surface area contributed by atoms with Gasteiger partial charge in [0.05, 0.1) is 28.9 Å².